The minimum Gasteiger partial charge on any atom is -0.496 e. The Labute approximate surface area is 160 Å². The standard InChI is InChI=1S/C18H20F2N2O4S/c1-24-14-9-16(26-3)15(25-2)8-11(14)10-21-18(23)22-12-4-6-13(7-5-12)27-17(19)20/h4-9,17H,10H2,1-3H3,(H2,21,22,23). The number of alkyl halides is 2. The molecular weight excluding hydrogens is 378 g/mol. The van der Waals surface area contributed by atoms with Crippen LogP contribution >= 0.6 is 11.8 Å². The summed E-state index contributed by atoms with van der Waals surface area (Å²) < 4.78 is 40.4. The lowest BCUT2D eigenvalue weighted by molar-refractivity contribution is 0.251. The number of urea groups is 1. The number of rotatable bonds is 8. The first-order valence-electron chi connectivity index (χ1n) is 7.85. The van der Waals surface area contributed by atoms with Crippen LogP contribution in [-0.4, -0.2) is 33.1 Å². The summed E-state index contributed by atoms with van der Waals surface area (Å²) in [6.45, 7) is 0.189. The van der Waals surface area contributed by atoms with Crippen molar-refractivity contribution in [2.45, 2.75) is 17.2 Å². The molecule has 0 aliphatic rings. The normalized spacial score (nSPS) is 10.4. The van der Waals surface area contributed by atoms with Crippen LogP contribution in [0.4, 0.5) is 19.3 Å². The molecule has 0 aliphatic heterocycles. The van der Waals surface area contributed by atoms with E-state index in [1.807, 2.05) is 0 Å². The molecule has 2 amide bonds. The summed E-state index contributed by atoms with van der Waals surface area (Å²) in [7, 11) is 4.56. The van der Waals surface area contributed by atoms with E-state index >= 15 is 0 Å². The molecule has 27 heavy (non-hydrogen) atoms. The molecule has 146 valence electrons. The summed E-state index contributed by atoms with van der Waals surface area (Å²) in [4.78, 5) is 12.5. The lowest BCUT2D eigenvalue weighted by Crippen LogP contribution is -2.28. The summed E-state index contributed by atoms with van der Waals surface area (Å²) in [6, 6.07) is 9.10. The number of hydrogen-bond donors (Lipinski definition) is 2. The maximum atomic E-state index is 12.3. The molecule has 0 atom stereocenters. The van der Waals surface area contributed by atoms with Crippen molar-refractivity contribution in [2.75, 3.05) is 26.6 Å². The molecule has 2 N–H and O–H groups in total. The van der Waals surface area contributed by atoms with Crippen LogP contribution in [0.15, 0.2) is 41.3 Å². The van der Waals surface area contributed by atoms with Gasteiger partial charge in [0.15, 0.2) is 11.5 Å². The molecular formula is C18H20F2N2O4S. The predicted octanol–water partition coefficient (Wildman–Crippen LogP) is 4.35. The highest BCUT2D eigenvalue weighted by Gasteiger charge is 2.13. The molecule has 0 bridgehead atoms. The molecule has 2 aromatic rings. The molecule has 0 aromatic heterocycles. The Kier molecular flexibility index (Phi) is 7.54. The van der Waals surface area contributed by atoms with Crippen LogP contribution in [-0.2, 0) is 6.54 Å². The van der Waals surface area contributed by atoms with Gasteiger partial charge in [0.25, 0.3) is 5.76 Å². The van der Waals surface area contributed by atoms with Crippen LogP contribution in [0.1, 0.15) is 5.56 Å². The van der Waals surface area contributed by atoms with Gasteiger partial charge in [-0.3, -0.25) is 0 Å². The highest BCUT2D eigenvalue weighted by atomic mass is 32.2. The number of methoxy groups -OCH3 is 3. The van der Waals surface area contributed by atoms with Gasteiger partial charge in [-0.2, -0.15) is 8.78 Å². The van der Waals surface area contributed by atoms with E-state index in [-0.39, 0.29) is 6.54 Å². The number of anilines is 1. The number of nitrogens with one attached hydrogen (secondary N) is 2. The molecule has 0 heterocycles. The van der Waals surface area contributed by atoms with Gasteiger partial charge in [-0.15, -0.1) is 0 Å². The lowest BCUT2D eigenvalue weighted by atomic mass is 10.1. The van der Waals surface area contributed by atoms with E-state index in [2.05, 4.69) is 10.6 Å². The second-order valence-electron chi connectivity index (χ2n) is 5.23. The topological polar surface area (TPSA) is 68.8 Å². The molecule has 0 fully saturated rings. The van der Waals surface area contributed by atoms with Gasteiger partial charge in [-0.05, 0) is 30.3 Å². The molecule has 2 aromatic carbocycles. The third kappa shape index (κ3) is 5.92. The van der Waals surface area contributed by atoms with Gasteiger partial charge >= 0.3 is 6.03 Å². The Morgan fingerprint density at radius 2 is 1.59 bits per heavy atom. The monoisotopic (exact) mass is 398 g/mol. The Bertz CT molecular complexity index is 773. The SMILES string of the molecule is COc1cc(OC)c(OC)cc1CNC(=O)Nc1ccc(SC(F)F)cc1. The van der Waals surface area contributed by atoms with Crippen molar-refractivity contribution in [1.29, 1.82) is 0 Å². The van der Waals surface area contributed by atoms with Gasteiger partial charge < -0.3 is 24.8 Å². The highest BCUT2D eigenvalue weighted by molar-refractivity contribution is 7.99. The van der Waals surface area contributed by atoms with Crippen LogP contribution in [0, 0.1) is 0 Å². The number of thioether (sulfide) groups is 1. The fourth-order valence-corrected chi connectivity index (χ4v) is 2.80. The third-order valence-electron chi connectivity index (χ3n) is 3.56. The van der Waals surface area contributed by atoms with Crippen molar-refractivity contribution >= 4 is 23.5 Å². The van der Waals surface area contributed by atoms with E-state index in [4.69, 9.17) is 14.2 Å². The molecule has 0 aliphatic carbocycles. The second-order valence-corrected chi connectivity index (χ2v) is 6.29. The highest BCUT2D eigenvalue weighted by Crippen LogP contribution is 2.34. The zero-order chi connectivity index (χ0) is 19.8. The third-order valence-corrected chi connectivity index (χ3v) is 4.29. The molecule has 6 nitrogen and oxygen atoms in total. The van der Waals surface area contributed by atoms with Crippen molar-refractivity contribution in [3.8, 4) is 17.2 Å². The smallest absolute Gasteiger partial charge is 0.319 e. The molecule has 0 saturated carbocycles. The first-order valence-corrected chi connectivity index (χ1v) is 8.73. The summed E-state index contributed by atoms with van der Waals surface area (Å²) >= 11 is 0.446. The minimum absolute atomic E-state index is 0.189. The van der Waals surface area contributed by atoms with E-state index in [1.54, 1.807) is 24.3 Å². The van der Waals surface area contributed by atoms with Crippen molar-refractivity contribution in [1.82, 2.24) is 5.32 Å². The maximum absolute atomic E-state index is 12.3. The van der Waals surface area contributed by atoms with Crippen molar-refractivity contribution in [3.05, 3.63) is 42.0 Å². The number of amides is 2. The summed E-state index contributed by atoms with van der Waals surface area (Å²) in [5.41, 5.74) is 1.19. The second kappa shape index (κ2) is 9.86. The van der Waals surface area contributed by atoms with E-state index in [0.29, 0.717) is 45.2 Å². The van der Waals surface area contributed by atoms with Crippen molar-refractivity contribution in [3.63, 3.8) is 0 Å². The first kappa shape index (κ1) is 20.6. The van der Waals surface area contributed by atoms with Crippen molar-refractivity contribution < 1.29 is 27.8 Å². The van der Waals surface area contributed by atoms with Crippen LogP contribution in [0.5, 0.6) is 17.2 Å². The molecule has 2 rings (SSSR count). The van der Waals surface area contributed by atoms with Gasteiger partial charge in [0, 0.05) is 28.8 Å². The molecule has 0 radical (unpaired) electrons. The maximum Gasteiger partial charge on any atom is 0.319 e. The van der Waals surface area contributed by atoms with Gasteiger partial charge in [0.2, 0.25) is 0 Å². The van der Waals surface area contributed by atoms with Gasteiger partial charge in [-0.1, -0.05) is 11.8 Å². The van der Waals surface area contributed by atoms with E-state index in [9.17, 15) is 13.6 Å². The summed E-state index contributed by atoms with van der Waals surface area (Å²) in [6.07, 6.45) is 0. The van der Waals surface area contributed by atoms with E-state index in [1.165, 1.54) is 33.5 Å². The fourth-order valence-electron chi connectivity index (χ4n) is 2.30. The largest absolute Gasteiger partial charge is 0.496 e. The van der Waals surface area contributed by atoms with Crippen LogP contribution in [0.3, 0.4) is 0 Å². The Balaban J connectivity index is 1.98. The lowest BCUT2D eigenvalue weighted by Gasteiger charge is -2.15. The zero-order valence-corrected chi connectivity index (χ0v) is 15.9. The molecule has 0 saturated heterocycles. The number of carbonyl (C=O) groups is 1. The Morgan fingerprint density at radius 1 is 1.00 bits per heavy atom. The molecule has 0 unspecified atom stereocenters. The first-order chi connectivity index (χ1) is 13.0. The van der Waals surface area contributed by atoms with Gasteiger partial charge in [0.1, 0.15) is 5.75 Å². The van der Waals surface area contributed by atoms with Crippen molar-refractivity contribution in [2.24, 2.45) is 0 Å². The number of ether oxygens (including phenoxy) is 3. The number of halogens is 2. The zero-order valence-electron chi connectivity index (χ0n) is 15.0. The van der Waals surface area contributed by atoms with E-state index in [0.717, 1.165) is 0 Å². The summed E-state index contributed by atoms with van der Waals surface area (Å²) in [5, 5.41) is 5.34. The van der Waals surface area contributed by atoms with Gasteiger partial charge in [-0.25, -0.2) is 4.79 Å². The molecule has 0 spiro atoms. The quantitative estimate of drug-likeness (QED) is 0.647. The number of hydrogen-bond acceptors (Lipinski definition) is 5. The van der Waals surface area contributed by atoms with Crippen LogP contribution in [0.2, 0.25) is 0 Å². The minimum atomic E-state index is -2.48. The number of benzene rings is 2. The van der Waals surface area contributed by atoms with E-state index < -0.39 is 11.8 Å². The van der Waals surface area contributed by atoms with Crippen LogP contribution in [0.25, 0.3) is 0 Å². The van der Waals surface area contributed by atoms with Crippen LogP contribution < -0.4 is 24.8 Å². The summed E-state index contributed by atoms with van der Waals surface area (Å²) in [5.74, 6) is -0.906. The molecule has 9 heteroatoms. The number of carbonyl (C=O) groups excluding carboxylic acids is 1. The fraction of sp³-hybridized carbons (Fsp3) is 0.278. The Morgan fingerprint density at radius 3 is 2.15 bits per heavy atom. The average Bonchev–Trinajstić information content (AvgIpc) is 2.66. The Hall–Kier alpha value is -2.68. The van der Waals surface area contributed by atoms with Gasteiger partial charge in [0.05, 0.1) is 21.3 Å². The predicted molar refractivity (Wildman–Crippen MR) is 100 cm³/mol. The average molecular weight is 398 g/mol.